The lowest BCUT2D eigenvalue weighted by atomic mass is 10.2. The van der Waals surface area contributed by atoms with Gasteiger partial charge in [0.05, 0.1) is 11.1 Å². The van der Waals surface area contributed by atoms with Gasteiger partial charge in [-0.25, -0.2) is 4.39 Å². The van der Waals surface area contributed by atoms with E-state index in [9.17, 15) is 9.18 Å². The molecular formula is C15H22BrFN2O2. The molecule has 0 saturated carbocycles. The molecule has 0 N–H and O–H groups in total. The minimum atomic E-state index is -0.430. The van der Waals surface area contributed by atoms with E-state index in [1.807, 2.05) is 14.1 Å². The van der Waals surface area contributed by atoms with Crippen LogP contribution < -0.4 is 0 Å². The van der Waals surface area contributed by atoms with Crippen molar-refractivity contribution in [1.82, 2.24) is 9.80 Å². The van der Waals surface area contributed by atoms with Crippen molar-refractivity contribution in [3.63, 3.8) is 0 Å². The van der Waals surface area contributed by atoms with Crippen LogP contribution in [0.5, 0.6) is 0 Å². The first-order chi connectivity index (χ1) is 9.95. The van der Waals surface area contributed by atoms with E-state index in [0.29, 0.717) is 29.7 Å². The summed E-state index contributed by atoms with van der Waals surface area (Å²) in [6.45, 7) is 2.48. The zero-order chi connectivity index (χ0) is 15.8. The lowest BCUT2D eigenvalue weighted by Gasteiger charge is -2.23. The highest BCUT2D eigenvalue weighted by Crippen LogP contribution is 2.17. The van der Waals surface area contributed by atoms with Crippen molar-refractivity contribution in [2.24, 2.45) is 0 Å². The molecule has 0 fully saturated rings. The first-order valence-corrected chi connectivity index (χ1v) is 7.63. The van der Waals surface area contributed by atoms with Crippen LogP contribution in [0.4, 0.5) is 4.39 Å². The third-order valence-corrected chi connectivity index (χ3v) is 3.70. The van der Waals surface area contributed by atoms with Crippen molar-refractivity contribution in [2.45, 2.75) is 6.42 Å². The first-order valence-electron chi connectivity index (χ1n) is 6.83. The summed E-state index contributed by atoms with van der Waals surface area (Å²) in [5.41, 5.74) is 0.358. The molecule has 6 heteroatoms. The summed E-state index contributed by atoms with van der Waals surface area (Å²) in [5.74, 6) is -0.599. The molecule has 0 heterocycles. The number of hydrogen-bond acceptors (Lipinski definition) is 3. The highest BCUT2D eigenvalue weighted by Gasteiger charge is 2.16. The van der Waals surface area contributed by atoms with E-state index < -0.39 is 5.82 Å². The van der Waals surface area contributed by atoms with Crippen LogP contribution in [-0.2, 0) is 4.74 Å². The number of rotatable bonds is 8. The molecule has 0 aliphatic rings. The normalized spacial score (nSPS) is 11.0. The maximum Gasteiger partial charge on any atom is 0.254 e. The molecule has 0 saturated heterocycles. The van der Waals surface area contributed by atoms with Crippen molar-refractivity contribution in [3.8, 4) is 0 Å². The van der Waals surface area contributed by atoms with E-state index in [4.69, 9.17) is 4.74 Å². The van der Waals surface area contributed by atoms with Gasteiger partial charge in [0.25, 0.3) is 5.91 Å². The number of benzene rings is 1. The molecule has 1 aromatic rings. The number of amides is 1. The second-order valence-corrected chi connectivity index (χ2v) is 5.93. The Balaban J connectivity index is 2.75. The van der Waals surface area contributed by atoms with Gasteiger partial charge >= 0.3 is 0 Å². The van der Waals surface area contributed by atoms with E-state index >= 15 is 0 Å². The van der Waals surface area contributed by atoms with Crippen LogP contribution >= 0.6 is 15.9 Å². The Labute approximate surface area is 134 Å². The molecule has 0 radical (unpaired) electrons. The Morgan fingerprint density at radius 1 is 1.29 bits per heavy atom. The predicted molar refractivity (Wildman–Crippen MR) is 85.1 cm³/mol. The average Bonchev–Trinajstić information content (AvgIpc) is 2.44. The number of hydrogen-bond donors (Lipinski definition) is 0. The lowest BCUT2D eigenvalue weighted by Crippen LogP contribution is -2.36. The zero-order valence-corrected chi connectivity index (χ0v) is 14.3. The minimum Gasteiger partial charge on any atom is -0.383 e. The van der Waals surface area contributed by atoms with Crippen LogP contribution in [0.25, 0.3) is 0 Å². The van der Waals surface area contributed by atoms with E-state index in [0.717, 1.165) is 13.0 Å². The summed E-state index contributed by atoms with van der Waals surface area (Å²) in [6, 6.07) is 4.44. The van der Waals surface area contributed by atoms with Gasteiger partial charge in [-0.05, 0) is 61.2 Å². The second-order valence-electron chi connectivity index (χ2n) is 5.07. The standard InChI is InChI=1S/C15H22BrFN2O2/c1-18(2)7-4-8-19(9-10-21-3)15(20)12-5-6-13(16)14(17)11-12/h5-6,11H,4,7-10H2,1-3H3. The molecule has 21 heavy (non-hydrogen) atoms. The van der Waals surface area contributed by atoms with Gasteiger partial charge < -0.3 is 14.5 Å². The molecule has 0 bridgehead atoms. The Morgan fingerprint density at radius 2 is 2.00 bits per heavy atom. The lowest BCUT2D eigenvalue weighted by molar-refractivity contribution is 0.0689. The third kappa shape index (κ3) is 6.11. The van der Waals surface area contributed by atoms with Crippen LogP contribution in [-0.4, -0.2) is 63.2 Å². The number of nitrogens with zero attached hydrogens (tertiary/aromatic N) is 2. The fraction of sp³-hybridized carbons (Fsp3) is 0.533. The monoisotopic (exact) mass is 360 g/mol. The minimum absolute atomic E-state index is 0.169. The number of methoxy groups -OCH3 is 1. The molecular weight excluding hydrogens is 339 g/mol. The SMILES string of the molecule is COCCN(CCCN(C)C)C(=O)c1ccc(Br)c(F)c1. The number of carbonyl (C=O) groups is 1. The highest BCUT2D eigenvalue weighted by molar-refractivity contribution is 9.10. The molecule has 1 amide bonds. The molecule has 1 rings (SSSR count). The molecule has 0 unspecified atom stereocenters. The molecule has 0 aromatic heterocycles. The molecule has 1 aromatic carbocycles. The number of ether oxygens (including phenoxy) is 1. The van der Waals surface area contributed by atoms with E-state index in [1.54, 1.807) is 24.1 Å². The summed E-state index contributed by atoms with van der Waals surface area (Å²) in [5, 5.41) is 0. The Kier molecular flexibility index (Phi) is 7.85. The van der Waals surface area contributed by atoms with Crippen LogP contribution in [0, 0.1) is 5.82 Å². The number of halogens is 2. The van der Waals surface area contributed by atoms with Gasteiger partial charge in [-0.15, -0.1) is 0 Å². The maximum atomic E-state index is 13.6. The fourth-order valence-corrected chi connectivity index (χ4v) is 2.15. The molecule has 4 nitrogen and oxygen atoms in total. The average molecular weight is 361 g/mol. The molecule has 118 valence electrons. The summed E-state index contributed by atoms with van der Waals surface area (Å²) < 4.78 is 19.0. The number of carbonyl (C=O) groups excluding carboxylic acids is 1. The van der Waals surface area contributed by atoms with Crippen molar-refractivity contribution in [1.29, 1.82) is 0 Å². The highest BCUT2D eigenvalue weighted by atomic mass is 79.9. The van der Waals surface area contributed by atoms with Crippen molar-refractivity contribution >= 4 is 21.8 Å². The summed E-state index contributed by atoms with van der Waals surface area (Å²) in [6.07, 6.45) is 0.863. The van der Waals surface area contributed by atoms with Gasteiger partial charge in [0, 0.05) is 25.8 Å². The smallest absolute Gasteiger partial charge is 0.254 e. The quantitative estimate of drug-likeness (QED) is 0.714. The third-order valence-electron chi connectivity index (χ3n) is 3.05. The summed E-state index contributed by atoms with van der Waals surface area (Å²) >= 11 is 3.09. The van der Waals surface area contributed by atoms with Gasteiger partial charge in [-0.3, -0.25) is 4.79 Å². The predicted octanol–water partition coefficient (Wildman–Crippen LogP) is 2.63. The van der Waals surface area contributed by atoms with Crippen molar-refractivity contribution in [3.05, 3.63) is 34.1 Å². The zero-order valence-electron chi connectivity index (χ0n) is 12.7. The van der Waals surface area contributed by atoms with Crippen molar-refractivity contribution in [2.75, 3.05) is 47.4 Å². The van der Waals surface area contributed by atoms with Crippen LogP contribution in [0.1, 0.15) is 16.8 Å². The van der Waals surface area contributed by atoms with Gasteiger partial charge in [0.15, 0.2) is 0 Å². The Hall–Kier alpha value is -0.980. The van der Waals surface area contributed by atoms with Crippen molar-refractivity contribution < 1.29 is 13.9 Å². The van der Waals surface area contributed by atoms with Crippen LogP contribution in [0.15, 0.2) is 22.7 Å². The van der Waals surface area contributed by atoms with Crippen LogP contribution in [0.2, 0.25) is 0 Å². The van der Waals surface area contributed by atoms with Crippen LogP contribution in [0.3, 0.4) is 0 Å². The van der Waals surface area contributed by atoms with Gasteiger partial charge in [0.1, 0.15) is 5.82 Å². The van der Waals surface area contributed by atoms with Gasteiger partial charge in [-0.1, -0.05) is 0 Å². The first kappa shape index (κ1) is 18.1. The Bertz CT molecular complexity index is 469. The largest absolute Gasteiger partial charge is 0.383 e. The molecule has 0 spiro atoms. The van der Waals surface area contributed by atoms with E-state index in [1.165, 1.54) is 6.07 Å². The fourth-order valence-electron chi connectivity index (χ4n) is 1.91. The molecule has 0 aliphatic carbocycles. The summed E-state index contributed by atoms with van der Waals surface area (Å²) in [7, 11) is 5.58. The van der Waals surface area contributed by atoms with E-state index in [2.05, 4.69) is 20.8 Å². The molecule has 0 aliphatic heterocycles. The maximum absolute atomic E-state index is 13.6. The Morgan fingerprint density at radius 3 is 2.57 bits per heavy atom. The van der Waals surface area contributed by atoms with Gasteiger partial charge in [0.2, 0.25) is 0 Å². The summed E-state index contributed by atoms with van der Waals surface area (Å²) in [4.78, 5) is 16.2. The van der Waals surface area contributed by atoms with Gasteiger partial charge in [-0.2, -0.15) is 0 Å². The molecule has 0 atom stereocenters. The topological polar surface area (TPSA) is 32.8 Å². The second kappa shape index (κ2) is 9.12. The van der Waals surface area contributed by atoms with E-state index in [-0.39, 0.29) is 5.91 Å².